The Morgan fingerprint density at radius 1 is 1.50 bits per heavy atom. The van der Waals surface area contributed by atoms with E-state index in [1.165, 1.54) is 0 Å². The predicted octanol–water partition coefficient (Wildman–Crippen LogP) is 1.63. The van der Waals surface area contributed by atoms with Crippen LogP contribution in [0.3, 0.4) is 0 Å². The standard InChI is InChI=1S/C13H19FN2O2/c1-13(2,3)11(7-15)16-12(18)9-6-8(14)4-5-10(9)17/h4-6,11,17H,7,15H2,1-3H3,(H,16,18). The number of rotatable bonds is 3. The molecule has 0 radical (unpaired) electrons. The van der Waals surface area contributed by atoms with Gasteiger partial charge in [-0.25, -0.2) is 4.39 Å². The molecule has 0 aliphatic heterocycles. The lowest BCUT2D eigenvalue weighted by Gasteiger charge is -2.30. The second kappa shape index (κ2) is 5.35. The molecule has 5 heteroatoms. The van der Waals surface area contributed by atoms with Gasteiger partial charge in [-0.3, -0.25) is 4.79 Å². The first-order chi connectivity index (χ1) is 8.25. The van der Waals surface area contributed by atoms with Crippen molar-refractivity contribution in [1.29, 1.82) is 0 Å². The summed E-state index contributed by atoms with van der Waals surface area (Å²) in [7, 11) is 0. The monoisotopic (exact) mass is 254 g/mol. The molecule has 0 aliphatic carbocycles. The molecule has 4 N–H and O–H groups in total. The summed E-state index contributed by atoms with van der Waals surface area (Å²) >= 11 is 0. The summed E-state index contributed by atoms with van der Waals surface area (Å²) in [4.78, 5) is 11.9. The second-order valence-electron chi connectivity index (χ2n) is 5.29. The van der Waals surface area contributed by atoms with Gasteiger partial charge in [0.1, 0.15) is 11.6 Å². The lowest BCUT2D eigenvalue weighted by molar-refractivity contribution is 0.0902. The van der Waals surface area contributed by atoms with Gasteiger partial charge in [-0.1, -0.05) is 20.8 Å². The van der Waals surface area contributed by atoms with Crippen molar-refractivity contribution in [3.05, 3.63) is 29.6 Å². The van der Waals surface area contributed by atoms with Crippen molar-refractivity contribution in [1.82, 2.24) is 5.32 Å². The van der Waals surface area contributed by atoms with E-state index in [0.717, 1.165) is 18.2 Å². The molecular weight excluding hydrogens is 235 g/mol. The topological polar surface area (TPSA) is 75.3 Å². The van der Waals surface area contributed by atoms with E-state index in [9.17, 15) is 14.3 Å². The number of carbonyl (C=O) groups excluding carboxylic acids is 1. The van der Waals surface area contributed by atoms with Crippen molar-refractivity contribution in [3.63, 3.8) is 0 Å². The Morgan fingerprint density at radius 2 is 2.11 bits per heavy atom. The lowest BCUT2D eigenvalue weighted by Crippen LogP contribution is -2.48. The van der Waals surface area contributed by atoms with E-state index in [2.05, 4.69) is 5.32 Å². The van der Waals surface area contributed by atoms with E-state index in [-0.39, 0.29) is 29.3 Å². The molecule has 1 rings (SSSR count). The minimum absolute atomic E-state index is 0.0855. The van der Waals surface area contributed by atoms with Gasteiger partial charge in [-0.15, -0.1) is 0 Å². The Labute approximate surface area is 106 Å². The van der Waals surface area contributed by atoms with Crippen LogP contribution in [0.5, 0.6) is 5.75 Å². The minimum Gasteiger partial charge on any atom is -0.507 e. The highest BCUT2D eigenvalue weighted by molar-refractivity contribution is 5.97. The van der Waals surface area contributed by atoms with Crippen LogP contribution in [0.2, 0.25) is 0 Å². The zero-order valence-electron chi connectivity index (χ0n) is 10.8. The van der Waals surface area contributed by atoms with E-state index in [0.29, 0.717) is 0 Å². The number of hydrogen-bond acceptors (Lipinski definition) is 3. The maximum absolute atomic E-state index is 13.0. The van der Waals surface area contributed by atoms with Gasteiger partial charge in [0.15, 0.2) is 0 Å². The van der Waals surface area contributed by atoms with Crippen molar-refractivity contribution in [3.8, 4) is 5.75 Å². The van der Waals surface area contributed by atoms with Crippen LogP contribution in [-0.2, 0) is 0 Å². The molecule has 0 saturated heterocycles. The molecule has 0 spiro atoms. The van der Waals surface area contributed by atoms with Crippen LogP contribution in [0.4, 0.5) is 4.39 Å². The fourth-order valence-corrected chi connectivity index (χ4v) is 1.56. The average molecular weight is 254 g/mol. The molecule has 18 heavy (non-hydrogen) atoms. The Hall–Kier alpha value is -1.62. The maximum Gasteiger partial charge on any atom is 0.255 e. The Balaban J connectivity index is 2.91. The Morgan fingerprint density at radius 3 is 2.61 bits per heavy atom. The van der Waals surface area contributed by atoms with Gasteiger partial charge < -0.3 is 16.2 Å². The summed E-state index contributed by atoms with van der Waals surface area (Å²) in [5, 5.41) is 12.2. The number of phenolic OH excluding ortho intramolecular Hbond substituents is 1. The number of nitrogens with two attached hydrogens (primary N) is 1. The van der Waals surface area contributed by atoms with Gasteiger partial charge in [-0.2, -0.15) is 0 Å². The summed E-state index contributed by atoms with van der Waals surface area (Å²) < 4.78 is 13.0. The summed E-state index contributed by atoms with van der Waals surface area (Å²) in [5.41, 5.74) is 5.30. The smallest absolute Gasteiger partial charge is 0.255 e. The Bertz CT molecular complexity index is 441. The van der Waals surface area contributed by atoms with Crippen LogP contribution >= 0.6 is 0 Å². The first kappa shape index (κ1) is 14.4. The van der Waals surface area contributed by atoms with Gasteiger partial charge in [0.05, 0.1) is 5.56 Å². The molecule has 1 amide bonds. The van der Waals surface area contributed by atoms with Crippen molar-refractivity contribution in [2.24, 2.45) is 11.1 Å². The molecule has 4 nitrogen and oxygen atoms in total. The van der Waals surface area contributed by atoms with Crippen molar-refractivity contribution >= 4 is 5.91 Å². The minimum atomic E-state index is -0.571. The molecular formula is C13H19FN2O2. The van der Waals surface area contributed by atoms with Crippen LogP contribution in [0, 0.1) is 11.2 Å². The molecule has 1 unspecified atom stereocenters. The normalized spacial score (nSPS) is 13.2. The molecule has 1 aromatic carbocycles. The maximum atomic E-state index is 13.0. The number of halogens is 1. The predicted molar refractivity (Wildman–Crippen MR) is 67.8 cm³/mol. The highest BCUT2D eigenvalue weighted by Crippen LogP contribution is 2.21. The second-order valence-corrected chi connectivity index (χ2v) is 5.29. The van der Waals surface area contributed by atoms with Gasteiger partial charge in [0.25, 0.3) is 5.91 Å². The summed E-state index contributed by atoms with van der Waals surface area (Å²) in [6, 6.07) is 2.99. The van der Waals surface area contributed by atoms with Gasteiger partial charge in [0, 0.05) is 12.6 Å². The number of phenols is 1. The molecule has 0 heterocycles. The fraction of sp³-hybridized carbons (Fsp3) is 0.462. The van der Waals surface area contributed by atoms with Crippen LogP contribution in [-0.4, -0.2) is 23.6 Å². The van der Waals surface area contributed by atoms with Crippen LogP contribution < -0.4 is 11.1 Å². The molecule has 0 aliphatic rings. The van der Waals surface area contributed by atoms with Crippen LogP contribution in [0.15, 0.2) is 18.2 Å². The number of hydrogen-bond donors (Lipinski definition) is 3. The molecule has 1 atom stereocenters. The van der Waals surface area contributed by atoms with Crippen LogP contribution in [0.25, 0.3) is 0 Å². The zero-order valence-corrected chi connectivity index (χ0v) is 10.8. The van der Waals surface area contributed by atoms with Gasteiger partial charge in [-0.05, 0) is 23.6 Å². The van der Waals surface area contributed by atoms with E-state index in [1.54, 1.807) is 0 Å². The Kier molecular flexibility index (Phi) is 4.29. The quantitative estimate of drug-likeness (QED) is 0.767. The van der Waals surface area contributed by atoms with E-state index >= 15 is 0 Å². The molecule has 0 saturated carbocycles. The third-order valence-corrected chi connectivity index (χ3v) is 2.79. The van der Waals surface area contributed by atoms with Gasteiger partial charge >= 0.3 is 0 Å². The number of amides is 1. The number of carbonyl (C=O) groups is 1. The highest BCUT2D eigenvalue weighted by Gasteiger charge is 2.26. The molecule has 0 fully saturated rings. The molecule has 0 bridgehead atoms. The SMILES string of the molecule is CC(C)(C)C(CN)NC(=O)c1cc(F)ccc1O. The molecule has 0 aromatic heterocycles. The van der Waals surface area contributed by atoms with Crippen molar-refractivity contribution in [2.45, 2.75) is 26.8 Å². The summed E-state index contributed by atoms with van der Waals surface area (Å²) in [5.74, 6) is -1.35. The van der Waals surface area contributed by atoms with Crippen molar-refractivity contribution < 1.29 is 14.3 Å². The van der Waals surface area contributed by atoms with Crippen LogP contribution in [0.1, 0.15) is 31.1 Å². The van der Waals surface area contributed by atoms with E-state index < -0.39 is 11.7 Å². The number of aromatic hydroxyl groups is 1. The van der Waals surface area contributed by atoms with Gasteiger partial charge in [0.2, 0.25) is 0 Å². The first-order valence-electron chi connectivity index (χ1n) is 5.75. The fourth-order valence-electron chi connectivity index (χ4n) is 1.56. The summed E-state index contributed by atoms with van der Waals surface area (Å²) in [6.07, 6.45) is 0. The first-order valence-corrected chi connectivity index (χ1v) is 5.75. The number of benzene rings is 1. The number of nitrogens with one attached hydrogen (secondary N) is 1. The molecule has 100 valence electrons. The molecule has 1 aromatic rings. The largest absolute Gasteiger partial charge is 0.507 e. The summed E-state index contributed by atoms with van der Waals surface area (Å²) in [6.45, 7) is 6.09. The van der Waals surface area contributed by atoms with Crippen molar-refractivity contribution in [2.75, 3.05) is 6.54 Å². The van der Waals surface area contributed by atoms with E-state index in [1.807, 2.05) is 20.8 Å². The highest BCUT2D eigenvalue weighted by atomic mass is 19.1. The third kappa shape index (κ3) is 3.43. The van der Waals surface area contributed by atoms with E-state index in [4.69, 9.17) is 5.73 Å². The average Bonchev–Trinajstić information content (AvgIpc) is 2.27. The zero-order chi connectivity index (χ0) is 13.9. The third-order valence-electron chi connectivity index (χ3n) is 2.79. The lowest BCUT2D eigenvalue weighted by atomic mass is 9.86.